The Balaban J connectivity index is 2.14. The summed E-state index contributed by atoms with van der Waals surface area (Å²) in [5, 5.41) is 2.18. The van der Waals surface area contributed by atoms with E-state index in [2.05, 4.69) is 15.5 Å². The quantitative estimate of drug-likeness (QED) is 0.623. The predicted octanol–water partition coefficient (Wildman–Crippen LogP) is 0.768. The Bertz CT molecular complexity index is 540. The van der Waals surface area contributed by atoms with Gasteiger partial charge >= 0.3 is 18.0 Å². The monoisotopic (exact) mass is 264 g/mol. The number of esters is 1. The van der Waals surface area contributed by atoms with Crippen molar-refractivity contribution in [2.75, 3.05) is 14.2 Å². The summed E-state index contributed by atoms with van der Waals surface area (Å²) in [6.07, 6.45) is 0. The fourth-order valence-corrected chi connectivity index (χ4v) is 1.86. The van der Waals surface area contributed by atoms with Crippen molar-refractivity contribution in [1.82, 2.24) is 10.7 Å². The summed E-state index contributed by atoms with van der Waals surface area (Å²) in [5.41, 5.74) is 3.77. The number of nitrogens with one attached hydrogen (secondary N) is 2. The number of methoxy groups -OCH3 is 1. The fraction of sp³-hybridized carbons (Fsp3) is 0.250. The SMILES string of the molecule is COC(=O)c1ccc(C[N+]2(C)NC(=O)NC2=O)cc1. The number of carbonyl (C=O) groups is 3. The molecule has 0 saturated carbocycles. The standard InChI is InChI=1S/C12H13N3O4/c1-15(12(18)13-11(17)14-15)7-8-3-5-9(6-4-8)10(16)19-2/h3-6H,7H2,1-2H3,(H-,13,14,17,18)/p+1. The molecule has 0 aromatic heterocycles. The molecule has 7 nitrogen and oxygen atoms in total. The summed E-state index contributed by atoms with van der Waals surface area (Å²) >= 11 is 0. The van der Waals surface area contributed by atoms with Crippen molar-refractivity contribution < 1.29 is 23.7 Å². The van der Waals surface area contributed by atoms with Crippen LogP contribution < -0.4 is 10.7 Å². The molecule has 1 aliphatic heterocycles. The van der Waals surface area contributed by atoms with E-state index >= 15 is 0 Å². The van der Waals surface area contributed by atoms with Gasteiger partial charge in [0.1, 0.15) is 13.6 Å². The number of ether oxygens (including phenoxy) is 1. The molecule has 1 saturated heterocycles. The number of rotatable bonds is 3. The number of hydrogen-bond donors (Lipinski definition) is 2. The van der Waals surface area contributed by atoms with Crippen LogP contribution in [-0.4, -0.2) is 36.8 Å². The van der Waals surface area contributed by atoms with Gasteiger partial charge < -0.3 is 4.74 Å². The van der Waals surface area contributed by atoms with Gasteiger partial charge in [-0.3, -0.25) is 0 Å². The van der Waals surface area contributed by atoms with Crippen molar-refractivity contribution in [2.45, 2.75) is 6.54 Å². The topological polar surface area (TPSA) is 84.5 Å². The van der Waals surface area contributed by atoms with Gasteiger partial charge in [-0.15, -0.1) is 4.59 Å². The summed E-state index contributed by atoms with van der Waals surface area (Å²) in [5.74, 6) is -0.417. The van der Waals surface area contributed by atoms with Crippen LogP contribution in [0.2, 0.25) is 0 Å². The summed E-state index contributed by atoms with van der Waals surface area (Å²) in [4.78, 5) is 34.0. The van der Waals surface area contributed by atoms with E-state index in [9.17, 15) is 14.4 Å². The minimum atomic E-state index is -0.515. The molecule has 4 amide bonds. The van der Waals surface area contributed by atoms with Crippen LogP contribution in [0.25, 0.3) is 0 Å². The molecular formula is C12H14N3O4+. The summed E-state index contributed by atoms with van der Waals surface area (Å²) in [7, 11) is 2.90. The molecule has 2 N–H and O–H groups in total. The fourth-order valence-electron chi connectivity index (χ4n) is 1.86. The molecule has 0 bridgehead atoms. The third kappa shape index (κ3) is 2.55. The number of urea groups is 2. The van der Waals surface area contributed by atoms with Gasteiger partial charge in [-0.2, -0.15) is 5.43 Å². The molecular weight excluding hydrogens is 250 g/mol. The number of nitrogens with zero attached hydrogens (tertiary/aromatic N) is 1. The van der Waals surface area contributed by atoms with E-state index in [1.165, 1.54) is 7.11 Å². The lowest BCUT2D eigenvalue weighted by Gasteiger charge is -2.22. The van der Waals surface area contributed by atoms with E-state index in [1.54, 1.807) is 31.3 Å². The molecule has 1 fully saturated rings. The minimum absolute atomic E-state index is 0.254. The molecule has 1 heterocycles. The molecule has 1 aromatic rings. The van der Waals surface area contributed by atoms with Crippen molar-refractivity contribution in [3.8, 4) is 0 Å². The first kappa shape index (κ1) is 13.0. The van der Waals surface area contributed by atoms with E-state index in [1.807, 2.05) is 0 Å². The Labute approximate surface area is 109 Å². The Morgan fingerprint density at radius 3 is 2.37 bits per heavy atom. The molecule has 0 aliphatic carbocycles. The van der Waals surface area contributed by atoms with Crippen LogP contribution in [0.1, 0.15) is 15.9 Å². The highest BCUT2D eigenvalue weighted by molar-refractivity contribution is 5.94. The normalized spacial score (nSPS) is 21.8. The van der Waals surface area contributed by atoms with E-state index in [0.717, 1.165) is 5.56 Å². The van der Waals surface area contributed by atoms with Crippen molar-refractivity contribution in [3.05, 3.63) is 35.4 Å². The van der Waals surface area contributed by atoms with Crippen LogP contribution in [0.5, 0.6) is 0 Å². The van der Waals surface area contributed by atoms with Crippen molar-refractivity contribution >= 4 is 18.0 Å². The van der Waals surface area contributed by atoms with Gasteiger partial charge in [-0.25, -0.2) is 19.7 Å². The highest BCUT2D eigenvalue weighted by Gasteiger charge is 2.42. The molecule has 1 atom stereocenters. The zero-order chi connectivity index (χ0) is 14.0. The first-order valence-corrected chi connectivity index (χ1v) is 5.61. The van der Waals surface area contributed by atoms with Crippen LogP contribution in [0.3, 0.4) is 0 Å². The third-order valence-electron chi connectivity index (χ3n) is 2.89. The highest BCUT2D eigenvalue weighted by Crippen LogP contribution is 2.14. The zero-order valence-corrected chi connectivity index (χ0v) is 10.6. The average Bonchev–Trinajstić information content (AvgIpc) is 2.62. The second-order valence-corrected chi connectivity index (χ2v) is 4.41. The van der Waals surface area contributed by atoms with E-state index < -0.39 is 18.0 Å². The van der Waals surface area contributed by atoms with E-state index in [-0.39, 0.29) is 4.59 Å². The second kappa shape index (κ2) is 4.69. The van der Waals surface area contributed by atoms with Gasteiger partial charge in [-0.1, -0.05) is 12.1 Å². The third-order valence-corrected chi connectivity index (χ3v) is 2.89. The van der Waals surface area contributed by atoms with Gasteiger partial charge in [0.15, 0.2) is 0 Å². The van der Waals surface area contributed by atoms with Gasteiger partial charge in [-0.05, 0) is 12.1 Å². The lowest BCUT2D eigenvalue weighted by atomic mass is 10.1. The summed E-state index contributed by atoms with van der Waals surface area (Å²) < 4.78 is 4.34. The first-order valence-electron chi connectivity index (χ1n) is 5.61. The molecule has 2 rings (SSSR count). The lowest BCUT2D eigenvalue weighted by Crippen LogP contribution is -2.52. The van der Waals surface area contributed by atoms with Gasteiger partial charge in [0.05, 0.1) is 12.7 Å². The van der Waals surface area contributed by atoms with Crippen LogP contribution in [-0.2, 0) is 11.3 Å². The molecule has 1 aliphatic rings. The molecule has 1 unspecified atom stereocenters. The Morgan fingerprint density at radius 1 is 1.26 bits per heavy atom. The Hall–Kier alpha value is -2.41. The molecule has 7 heteroatoms. The van der Waals surface area contributed by atoms with Crippen LogP contribution in [0, 0.1) is 0 Å². The van der Waals surface area contributed by atoms with Gasteiger partial charge in [0, 0.05) is 5.56 Å². The molecule has 19 heavy (non-hydrogen) atoms. The van der Waals surface area contributed by atoms with Crippen molar-refractivity contribution in [3.63, 3.8) is 0 Å². The Kier molecular flexibility index (Phi) is 3.22. The maximum absolute atomic E-state index is 11.6. The molecule has 0 radical (unpaired) electrons. The van der Waals surface area contributed by atoms with Crippen molar-refractivity contribution in [2.24, 2.45) is 0 Å². The second-order valence-electron chi connectivity index (χ2n) is 4.41. The largest absolute Gasteiger partial charge is 0.465 e. The van der Waals surface area contributed by atoms with Gasteiger partial charge in [0.2, 0.25) is 0 Å². The number of hydrogen-bond acceptors (Lipinski definition) is 4. The summed E-state index contributed by atoms with van der Waals surface area (Å²) in [6, 6.07) is 5.73. The Morgan fingerprint density at radius 2 is 1.89 bits per heavy atom. The van der Waals surface area contributed by atoms with E-state index in [0.29, 0.717) is 12.1 Å². The summed E-state index contributed by atoms with van der Waals surface area (Å²) in [6.45, 7) is 0.291. The smallest absolute Gasteiger partial charge is 0.449 e. The number of benzene rings is 1. The molecule has 1 aromatic carbocycles. The van der Waals surface area contributed by atoms with Gasteiger partial charge in [0.25, 0.3) is 0 Å². The minimum Gasteiger partial charge on any atom is -0.465 e. The number of imide groups is 1. The highest BCUT2D eigenvalue weighted by atomic mass is 16.5. The number of amides is 4. The van der Waals surface area contributed by atoms with E-state index in [4.69, 9.17) is 0 Å². The van der Waals surface area contributed by atoms with Crippen LogP contribution in [0.15, 0.2) is 24.3 Å². The van der Waals surface area contributed by atoms with Crippen LogP contribution in [0.4, 0.5) is 9.59 Å². The maximum Gasteiger partial charge on any atom is 0.449 e. The maximum atomic E-state index is 11.6. The molecule has 0 spiro atoms. The first-order chi connectivity index (χ1) is 8.94. The van der Waals surface area contributed by atoms with Crippen LogP contribution >= 0.6 is 0 Å². The molecule has 100 valence electrons. The average molecular weight is 264 g/mol. The van der Waals surface area contributed by atoms with Crippen molar-refractivity contribution in [1.29, 1.82) is 0 Å². The number of carbonyl (C=O) groups excluding carboxylic acids is 3. The lowest BCUT2D eigenvalue weighted by molar-refractivity contribution is -0.872. The predicted molar refractivity (Wildman–Crippen MR) is 64.7 cm³/mol. The number of quaternary nitrogens is 1. The zero-order valence-electron chi connectivity index (χ0n) is 10.6.